The van der Waals surface area contributed by atoms with Gasteiger partial charge in [0.15, 0.2) is 0 Å². The quantitative estimate of drug-likeness (QED) is 0.113. The molecule has 0 spiro atoms. The minimum atomic E-state index is -0.185. The van der Waals surface area contributed by atoms with E-state index < -0.39 is 0 Å². The highest BCUT2D eigenvalue weighted by Gasteiger charge is 2.29. The number of carbonyl (C=O) groups is 2. The fraction of sp³-hybridized carbons (Fsp3) is 0.359. The number of methoxy groups -OCH3 is 1. The number of hydrogen-bond acceptors (Lipinski definition) is 7. The van der Waals surface area contributed by atoms with Gasteiger partial charge in [0.1, 0.15) is 6.10 Å². The summed E-state index contributed by atoms with van der Waals surface area (Å²) >= 11 is 17.6. The lowest BCUT2D eigenvalue weighted by Gasteiger charge is -2.19. The van der Waals surface area contributed by atoms with Gasteiger partial charge < -0.3 is 30.7 Å². The van der Waals surface area contributed by atoms with E-state index in [4.69, 9.17) is 37.7 Å². The van der Waals surface area contributed by atoms with Crippen LogP contribution >= 0.6 is 39.1 Å². The molecule has 12 heteroatoms. The van der Waals surface area contributed by atoms with Gasteiger partial charge in [-0.05, 0) is 81.6 Å². The molecule has 2 amide bonds. The summed E-state index contributed by atoms with van der Waals surface area (Å²) < 4.78 is 12.9. The Labute approximate surface area is 316 Å². The largest absolute Gasteiger partial charge is 0.481 e. The molecule has 2 fully saturated rings. The highest BCUT2D eigenvalue weighted by molar-refractivity contribution is 9.10. The average Bonchev–Trinajstić information content (AvgIpc) is 3.86. The molecule has 1 aromatic heterocycles. The van der Waals surface area contributed by atoms with E-state index in [1.807, 2.05) is 30.3 Å². The predicted octanol–water partition coefficient (Wildman–Crippen LogP) is 7.30. The van der Waals surface area contributed by atoms with Crippen molar-refractivity contribution < 1.29 is 19.1 Å². The highest BCUT2D eigenvalue weighted by atomic mass is 79.9. The number of aromatic nitrogens is 1. The van der Waals surface area contributed by atoms with E-state index >= 15 is 0 Å². The van der Waals surface area contributed by atoms with Gasteiger partial charge in [0.2, 0.25) is 23.6 Å². The molecule has 4 N–H and O–H groups in total. The minimum absolute atomic E-state index is 0.104. The normalized spacial score (nSPS) is 19.6. The van der Waals surface area contributed by atoms with Gasteiger partial charge in [0.25, 0.3) is 0 Å². The van der Waals surface area contributed by atoms with Crippen LogP contribution in [0.4, 0.5) is 0 Å². The zero-order chi connectivity index (χ0) is 35.5. The molecule has 3 aliphatic rings. The van der Waals surface area contributed by atoms with Crippen molar-refractivity contribution >= 4 is 50.9 Å². The summed E-state index contributed by atoms with van der Waals surface area (Å²) in [6.07, 6.45) is 4.31. The fourth-order valence-electron chi connectivity index (χ4n) is 7.25. The Morgan fingerprint density at radius 1 is 0.804 bits per heavy atom. The summed E-state index contributed by atoms with van der Waals surface area (Å²) in [6, 6.07) is 20.8. The number of fused-ring (bicyclic) bond motifs is 1. The Morgan fingerprint density at radius 2 is 1.47 bits per heavy atom. The third kappa shape index (κ3) is 8.05. The van der Waals surface area contributed by atoms with Gasteiger partial charge in [-0.2, -0.15) is 4.98 Å². The summed E-state index contributed by atoms with van der Waals surface area (Å²) in [5.74, 6) is 1.19. The number of halogens is 3. The maximum Gasteiger partial charge on any atom is 0.231 e. The van der Waals surface area contributed by atoms with Crippen molar-refractivity contribution in [2.75, 3.05) is 20.2 Å². The average molecular weight is 794 g/mol. The Bertz CT molecular complexity index is 1960. The third-order valence-corrected chi connectivity index (χ3v) is 11.2. The van der Waals surface area contributed by atoms with E-state index in [1.165, 1.54) is 5.56 Å². The molecule has 7 rings (SSSR count). The first-order valence-corrected chi connectivity index (χ1v) is 18.9. The Balaban J connectivity index is 1.05. The number of nitrogens with one attached hydrogen (secondary N) is 4. The molecule has 0 radical (unpaired) electrons. The van der Waals surface area contributed by atoms with Crippen LogP contribution in [0.25, 0.3) is 22.3 Å². The molecule has 3 aromatic carbocycles. The molecule has 3 heterocycles. The lowest BCUT2D eigenvalue weighted by Crippen LogP contribution is -2.35. The molecule has 3 atom stereocenters. The molecule has 9 nitrogen and oxygen atoms in total. The number of nitrogens with zero attached hydrogens (tertiary/aromatic N) is 1. The van der Waals surface area contributed by atoms with Gasteiger partial charge in [0.05, 0.1) is 16.6 Å². The molecular weight excluding hydrogens is 753 g/mol. The van der Waals surface area contributed by atoms with Gasteiger partial charge in [-0.1, -0.05) is 71.7 Å². The third-order valence-electron chi connectivity index (χ3n) is 9.88. The summed E-state index contributed by atoms with van der Waals surface area (Å²) in [7, 11) is 1.61. The number of hydrogen-bond donors (Lipinski definition) is 4. The second-order valence-corrected chi connectivity index (χ2v) is 14.9. The minimum Gasteiger partial charge on any atom is -0.481 e. The van der Waals surface area contributed by atoms with Crippen LogP contribution in [0.3, 0.4) is 0 Å². The summed E-state index contributed by atoms with van der Waals surface area (Å²) in [5.41, 5.74) is 8.11. The van der Waals surface area contributed by atoms with Crippen molar-refractivity contribution in [3.63, 3.8) is 0 Å². The smallest absolute Gasteiger partial charge is 0.231 e. The molecule has 4 aromatic rings. The van der Waals surface area contributed by atoms with Gasteiger partial charge >= 0.3 is 0 Å². The van der Waals surface area contributed by atoms with Crippen LogP contribution in [0.5, 0.6) is 11.8 Å². The van der Waals surface area contributed by atoms with Crippen molar-refractivity contribution in [3.8, 4) is 34.0 Å². The van der Waals surface area contributed by atoms with Gasteiger partial charge in [-0.3, -0.25) is 9.59 Å². The zero-order valence-electron chi connectivity index (χ0n) is 28.3. The molecule has 0 bridgehead atoms. The van der Waals surface area contributed by atoms with Crippen LogP contribution in [0.2, 0.25) is 10.0 Å². The topological polar surface area (TPSA) is 114 Å². The van der Waals surface area contributed by atoms with Gasteiger partial charge in [-0.15, -0.1) is 0 Å². The van der Waals surface area contributed by atoms with Gasteiger partial charge in [-0.25, -0.2) is 0 Å². The lowest BCUT2D eigenvalue weighted by atomic mass is 9.93. The highest BCUT2D eigenvalue weighted by Crippen LogP contribution is 2.45. The zero-order valence-corrected chi connectivity index (χ0v) is 31.4. The van der Waals surface area contributed by atoms with Crippen LogP contribution in [-0.4, -0.2) is 49.1 Å². The van der Waals surface area contributed by atoms with E-state index in [0.29, 0.717) is 60.8 Å². The monoisotopic (exact) mass is 791 g/mol. The van der Waals surface area contributed by atoms with Crippen LogP contribution < -0.4 is 30.7 Å². The summed E-state index contributed by atoms with van der Waals surface area (Å²) in [6.45, 7) is 2.55. The number of amides is 2. The summed E-state index contributed by atoms with van der Waals surface area (Å²) in [5, 5.41) is 14.1. The van der Waals surface area contributed by atoms with Crippen LogP contribution in [-0.2, 0) is 29.1 Å². The lowest BCUT2D eigenvalue weighted by molar-refractivity contribution is -0.120. The predicted molar refractivity (Wildman–Crippen MR) is 203 cm³/mol. The van der Waals surface area contributed by atoms with Crippen molar-refractivity contribution in [1.29, 1.82) is 0 Å². The van der Waals surface area contributed by atoms with Crippen LogP contribution in [0, 0.1) is 0 Å². The van der Waals surface area contributed by atoms with Crippen molar-refractivity contribution in [2.24, 2.45) is 0 Å². The van der Waals surface area contributed by atoms with Gasteiger partial charge in [0, 0.05) is 72.8 Å². The Hall–Kier alpha value is -3.67. The number of rotatable bonds is 13. The fourth-order valence-corrected chi connectivity index (χ4v) is 8.29. The second kappa shape index (κ2) is 15.9. The number of carbonyl (C=O) groups excluding carboxylic acids is 2. The summed E-state index contributed by atoms with van der Waals surface area (Å²) in [4.78, 5) is 27.8. The molecular formula is C39H40BrCl2N5O4. The number of ether oxygens (including phenoxy) is 2. The molecule has 2 aliphatic heterocycles. The van der Waals surface area contributed by atoms with E-state index in [2.05, 4.69) is 67.5 Å². The standard InChI is InChI=1S/C39H40BrCl2N5O4/c1-50-38-24(19-44-21-26-11-15-36(49)46-26)16-32(40)39(47-38)51-34-13-12-29-28(5-3-6-30(29)34)31-7-2-4-27(37(31)42)22-8-9-23(33(41)17-22)18-43-20-25-10-14-35(48)45-25/h2-9,16-17,25-26,34,43-44H,10-15,18-21H2,1H3,(H,45,48)(H,46,49)/t25-,26-,34-/m0/s1. The molecule has 51 heavy (non-hydrogen) atoms. The first kappa shape index (κ1) is 35.7. The number of pyridine rings is 1. The van der Waals surface area contributed by atoms with Crippen LogP contribution in [0.15, 0.2) is 65.1 Å². The van der Waals surface area contributed by atoms with E-state index in [9.17, 15) is 9.59 Å². The Morgan fingerprint density at radius 3 is 2.14 bits per heavy atom. The molecule has 1 aliphatic carbocycles. The molecule has 266 valence electrons. The van der Waals surface area contributed by atoms with Crippen molar-refractivity contribution in [2.45, 2.75) is 69.8 Å². The molecule has 0 unspecified atom stereocenters. The van der Waals surface area contributed by atoms with Crippen LogP contribution in [0.1, 0.15) is 60.5 Å². The second-order valence-electron chi connectivity index (χ2n) is 13.3. The van der Waals surface area contributed by atoms with Crippen molar-refractivity contribution in [1.82, 2.24) is 26.3 Å². The molecule has 2 saturated heterocycles. The maximum absolute atomic E-state index is 11.5. The molecule has 0 saturated carbocycles. The number of benzene rings is 3. The maximum atomic E-state index is 11.5. The van der Waals surface area contributed by atoms with E-state index in [1.54, 1.807) is 7.11 Å². The van der Waals surface area contributed by atoms with Crippen molar-refractivity contribution in [3.05, 3.63) is 97.4 Å². The van der Waals surface area contributed by atoms with E-state index in [0.717, 1.165) is 69.1 Å². The first-order valence-electron chi connectivity index (χ1n) is 17.4. The first-order chi connectivity index (χ1) is 24.8. The SMILES string of the molecule is COc1nc(O[C@H]2CCc3c(-c4cccc(-c5ccc(CNC[C@@H]6CCC(=O)N6)c(Cl)c5)c4Cl)cccc32)c(Br)cc1CNC[C@@H]1CCC(=O)N1. The Kier molecular flexibility index (Phi) is 11.2. The van der Waals surface area contributed by atoms with E-state index in [-0.39, 0.29) is 30.0 Å².